The Labute approximate surface area is 298 Å². The number of halogens is 4. The molecule has 0 spiro atoms. The lowest BCUT2D eigenvalue weighted by molar-refractivity contribution is -0.286. The number of benzene rings is 3. The van der Waals surface area contributed by atoms with Gasteiger partial charge in [-0.1, -0.05) is 23.7 Å². The topological polar surface area (TPSA) is 168 Å². The molecule has 0 radical (unpaired) electrons. The third-order valence-electron chi connectivity index (χ3n) is 8.58. The fourth-order valence-corrected chi connectivity index (χ4v) is 6.26. The van der Waals surface area contributed by atoms with Crippen LogP contribution in [0.5, 0.6) is 23.0 Å². The molecule has 1 fully saturated rings. The maximum atomic E-state index is 14.7. The smallest absolute Gasteiger partial charge is 0.494 e. The highest BCUT2D eigenvalue weighted by Crippen LogP contribution is 2.51. The van der Waals surface area contributed by atoms with Gasteiger partial charge < -0.3 is 39.5 Å². The molecule has 1 atom stereocenters. The first-order valence-corrected chi connectivity index (χ1v) is 16.5. The second-order valence-corrected chi connectivity index (χ2v) is 12.6. The SMILES string of the molecule is CCOc1c(CC(N)=O)cc([C@@](O)(CNC(=O)c2cc(OC)c3nc(C4CC4)oc3c2)c2cccc(F)c2)nc1-c1ccc2c(c1Cl)OC(F)(F)O2. The number of ether oxygens (including phenoxy) is 4. The molecule has 3 heterocycles. The molecule has 16 heteroatoms. The zero-order chi connectivity index (χ0) is 36.9. The highest BCUT2D eigenvalue weighted by molar-refractivity contribution is 6.35. The van der Waals surface area contributed by atoms with Gasteiger partial charge in [-0.2, -0.15) is 0 Å². The maximum Gasteiger partial charge on any atom is 0.586 e. The number of rotatable bonds is 12. The summed E-state index contributed by atoms with van der Waals surface area (Å²) in [5.74, 6) is -1.93. The number of oxazole rings is 1. The van der Waals surface area contributed by atoms with E-state index < -0.39 is 48.2 Å². The Morgan fingerprint density at radius 2 is 1.92 bits per heavy atom. The molecule has 5 aromatic rings. The van der Waals surface area contributed by atoms with E-state index in [0.717, 1.165) is 25.0 Å². The van der Waals surface area contributed by atoms with Gasteiger partial charge in [0.15, 0.2) is 28.5 Å². The average Bonchev–Trinajstić information content (AvgIpc) is 3.78. The molecule has 0 unspecified atom stereocenters. The normalized spacial score (nSPS) is 15.7. The summed E-state index contributed by atoms with van der Waals surface area (Å²) in [5, 5.41) is 14.9. The molecular weight excluding hydrogens is 709 g/mol. The van der Waals surface area contributed by atoms with Crippen LogP contribution in [-0.4, -0.2) is 53.4 Å². The van der Waals surface area contributed by atoms with E-state index in [1.165, 1.54) is 49.6 Å². The van der Waals surface area contributed by atoms with Gasteiger partial charge in [-0.15, -0.1) is 8.78 Å². The van der Waals surface area contributed by atoms with E-state index in [2.05, 4.69) is 24.8 Å². The number of aliphatic hydroxyl groups is 1. The number of carbonyl (C=O) groups is 2. The molecule has 2 aliphatic rings. The lowest BCUT2D eigenvalue weighted by Gasteiger charge is -2.30. The molecule has 4 N–H and O–H groups in total. The first-order chi connectivity index (χ1) is 24.8. The molecule has 270 valence electrons. The zero-order valence-corrected chi connectivity index (χ0v) is 28.4. The van der Waals surface area contributed by atoms with Gasteiger partial charge >= 0.3 is 6.29 Å². The van der Waals surface area contributed by atoms with Crippen molar-refractivity contribution in [1.82, 2.24) is 15.3 Å². The van der Waals surface area contributed by atoms with Crippen LogP contribution in [-0.2, 0) is 16.8 Å². The van der Waals surface area contributed by atoms with Gasteiger partial charge in [0, 0.05) is 22.6 Å². The molecule has 52 heavy (non-hydrogen) atoms. The van der Waals surface area contributed by atoms with E-state index in [0.29, 0.717) is 22.7 Å². The van der Waals surface area contributed by atoms with E-state index in [1.807, 2.05) is 0 Å². The molecule has 12 nitrogen and oxygen atoms in total. The number of nitrogens with zero attached hydrogens (tertiary/aromatic N) is 2. The molecule has 2 aromatic heterocycles. The van der Waals surface area contributed by atoms with Crippen molar-refractivity contribution in [2.45, 2.75) is 44.0 Å². The Balaban J connectivity index is 1.34. The van der Waals surface area contributed by atoms with Crippen molar-refractivity contribution < 1.29 is 51.2 Å². The number of alkyl halides is 2. The lowest BCUT2D eigenvalue weighted by Crippen LogP contribution is -2.42. The zero-order valence-electron chi connectivity index (χ0n) is 27.6. The van der Waals surface area contributed by atoms with Crippen molar-refractivity contribution in [2.24, 2.45) is 5.73 Å². The van der Waals surface area contributed by atoms with Gasteiger partial charge in [0.2, 0.25) is 5.91 Å². The van der Waals surface area contributed by atoms with Crippen LogP contribution in [0.3, 0.4) is 0 Å². The van der Waals surface area contributed by atoms with Crippen LogP contribution in [0.2, 0.25) is 5.02 Å². The summed E-state index contributed by atoms with van der Waals surface area (Å²) in [4.78, 5) is 35.2. The number of amides is 2. The first kappa shape index (κ1) is 34.9. The Hall–Kier alpha value is -5.54. The Bertz CT molecular complexity index is 2250. The van der Waals surface area contributed by atoms with Crippen molar-refractivity contribution in [1.29, 1.82) is 0 Å². The molecule has 7 rings (SSSR count). The van der Waals surface area contributed by atoms with Crippen LogP contribution in [0.1, 0.15) is 58.8 Å². The second kappa shape index (κ2) is 13.2. The quantitative estimate of drug-likeness (QED) is 0.138. The molecule has 0 bridgehead atoms. The van der Waals surface area contributed by atoms with Gasteiger partial charge in [0.25, 0.3) is 5.91 Å². The van der Waals surface area contributed by atoms with Crippen molar-refractivity contribution in [3.05, 3.63) is 93.7 Å². The van der Waals surface area contributed by atoms with Crippen LogP contribution < -0.4 is 30.0 Å². The number of carbonyl (C=O) groups excluding carboxylic acids is 2. The number of aromatic nitrogens is 2. The number of fused-ring (bicyclic) bond motifs is 2. The summed E-state index contributed by atoms with van der Waals surface area (Å²) in [6, 6.07) is 11.8. The summed E-state index contributed by atoms with van der Waals surface area (Å²) in [7, 11) is 1.43. The molecule has 1 saturated carbocycles. The lowest BCUT2D eigenvalue weighted by atomic mass is 9.87. The van der Waals surface area contributed by atoms with E-state index >= 15 is 0 Å². The van der Waals surface area contributed by atoms with E-state index in [-0.39, 0.29) is 62.7 Å². The average molecular weight is 739 g/mol. The summed E-state index contributed by atoms with van der Waals surface area (Å²) in [5.41, 5.74) is 3.99. The first-order valence-electron chi connectivity index (χ1n) is 16.1. The summed E-state index contributed by atoms with van der Waals surface area (Å²) >= 11 is 6.59. The second-order valence-electron chi connectivity index (χ2n) is 12.2. The number of pyridine rings is 1. The number of methoxy groups -OCH3 is 1. The molecule has 0 saturated heterocycles. The van der Waals surface area contributed by atoms with Gasteiger partial charge in [0.1, 0.15) is 28.6 Å². The van der Waals surface area contributed by atoms with Gasteiger partial charge in [-0.3, -0.25) is 9.59 Å². The Kier molecular flexibility index (Phi) is 8.87. The fourth-order valence-electron chi connectivity index (χ4n) is 5.97. The van der Waals surface area contributed by atoms with E-state index in [1.54, 1.807) is 6.92 Å². The highest BCUT2D eigenvalue weighted by Gasteiger charge is 2.45. The molecule has 1 aliphatic heterocycles. The molecule has 3 aromatic carbocycles. The van der Waals surface area contributed by atoms with Gasteiger partial charge in [0.05, 0.1) is 37.4 Å². The largest absolute Gasteiger partial charge is 0.586 e. The van der Waals surface area contributed by atoms with Crippen molar-refractivity contribution in [3.63, 3.8) is 0 Å². The fraction of sp³-hybridized carbons (Fsp3) is 0.278. The molecule has 2 amide bonds. The third kappa shape index (κ3) is 6.52. The van der Waals surface area contributed by atoms with Gasteiger partial charge in [-0.05, 0) is 67.8 Å². The number of hydrogen-bond acceptors (Lipinski definition) is 10. The van der Waals surface area contributed by atoms with Gasteiger partial charge in [-0.25, -0.2) is 14.4 Å². The predicted octanol–water partition coefficient (Wildman–Crippen LogP) is 5.98. The minimum absolute atomic E-state index is 0.00113. The Morgan fingerprint density at radius 1 is 1.13 bits per heavy atom. The third-order valence-corrected chi connectivity index (χ3v) is 8.96. The number of primary amides is 1. The van der Waals surface area contributed by atoms with Crippen molar-refractivity contribution >= 4 is 34.5 Å². The summed E-state index contributed by atoms with van der Waals surface area (Å²) in [6.07, 6.45) is -2.53. The van der Waals surface area contributed by atoms with Crippen LogP contribution >= 0.6 is 11.6 Å². The molecular formula is C36H30ClF3N4O8. The summed E-state index contributed by atoms with van der Waals surface area (Å²) in [6.45, 7) is 1.13. The van der Waals surface area contributed by atoms with Crippen LogP contribution in [0.25, 0.3) is 22.4 Å². The number of nitrogens with two attached hydrogens (primary N) is 1. The predicted molar refractivity (Wildman–Crippen MR) is 179 cm³/mol. The number of hydrogen-bond donors (Lipinski definition) is 3. The van der Waals surface area contributed by atoms with Crippen LogP contribution in [0, 0.1) is 5.82 Å². The van der Waals surface area contributed by atoms with E-state index in [4.69, 9.17) is 31.2 Å². The summed E-state index contributed by atoms with van der Waals surface area (Å²) < 4.78 is 69.2. The standard InChI is InChI=1S/C36H30ClF3N4O8/c1-3-49-31-18(14-27(41)45)13-26(43-29(31)22-9-10-23-32(28(22)37)52-36(39,40)51-23)35(47,20-5-4-6-21(38)15-20)16-42-33(46)19-11-24(48-2)30-25(12-19)50-34(44-30)17-7-8-17/h4-6,9-13,15,17,47H,3,7-8,14,16H2,1-2H3,(H2,41,45)(H,42,46)/t35-/m1/s1. The van der Waals surface area contributed by atoms with Crippen LogP contribution in [0.4, 0.5) is 13.2 Å². The van der Waals surface area contributed by atoms with Crippen molar-refractivity contribution in [3.8, 4) is 34.3 Å². The van der Waals surface area contributed by atoms with Crippen LogP contribution in [0.15, 0.2) is 59.0 Å². The minimum atomic E-state index is -3.99. The monoisotopic (exact) mass is 738 g/mol. The maximum absolute atomic E-state index is 14.7. The van der Waals surface area contributed by atoms with Crippen molar-refractivity contribution in [2.75, 3.05) is 20.3 Å². The minimum Gasteiger partial charge on any atom is -0.494 e. The highest BCUT2D eigenvalue weighted by atomic mass is 35.5. The number of nitrogens with one attached hydrogen (secondary N) is 1. The molecule has 1 aliphatic carbocycles. The van der Waals surface area contributed by atoms with E-state index in [9.17, 15) is 27.9 Å². The Morgan fingerprint density at radius 3 is 2.62 bits per heavy atom.